The number of halogens is 1. The molecule has 0 spiro atoms. The molecule has 0 aliphatic heterocycles. The first-order valence-corrected chi connectivity index (χ1v) is 9.24. The molecule has 3 N–H and O–H groups in total. The van der Waals surface area contributed by atoms with Crippen molar-refractivity contribution in [3.63, 3.8) is 0 Å². The van der Waals surface area contributed by atoms with E-state index >= 15 is 0 Å². The molecule has 1 amide bonds. The van der Waals surface area contributed by atoms with Gasteiger partial charge in [0, 0.05) is 10.5 Å². The molecule has 7 heteroatoms. The van der Waals surface area contributed by atoms with Crippen molar-refractivity contribution in [2.45, 2.75) is 43.5 Å². The van der Waals surface area contributed by atoms with Crippen LogP contribution >= 0.6 is 15.9 Å². The van der Waals surface area contributed by atoms with Crippen molar-refractivity contribution in [3.8, 4) is 0 Å². The lowest BCUT2D eigenvalue weighted by molar-refractivity contribution is 0.0922. The SMILES string of the molecule is CC1CCC(NC(=O)c2cc(S(N)(=O)=O)ccc2Br)CC1. The number of rotatable bonds is 3. The molecular weight excluding hydrogens is 356 g/mol. The minimum absolute atomic E-state index is 0.0619. The van der Waals surface area contributed by atoms with Gasteiger partial charge >= 0.3 is 0 Å². The van der Waals surface area contributed by atoms with Crippen molar-refractivity contribution in [1.82, 2.24) is 5.32 Å². The normalized spacial score (nSPS) is 22.8. The second kappa shape index (κ2) is 6.46. The van der Waals surface area contributed by atoms with Gasteiger partial charge in [-0.2, -0.15) is 0 Å². The first-order chi connectivity index (χ1) is 9.77. The van der Waals surface area contributed by atoms with Crippen molar-refractivity contribution < 1.29 is 13.2 Å². The highest BCUT2D eigenvalue weighted by molar-refractivity contribution is 9.10. The first-order valence-electron chi connectivity index (χ1n) is 6.90. The van der Waals surface area contributed by atoms with E-state index in [1.165, 1.54) is 18.2 Å². The maximum Gasteiger partial charge on any atom is 0.252 e. The summed E-state index contributed by atoms with van der Waals surface area (Å²) in [5.74, 6) is 0.433. The maximum atomic E-state index is 12.3. The summed E-state index contributed by atoms with van der Waals surface area (Å²) in [5.41, 5.74) is 0.292. The molecule has 0 aromatic heterocycles. The van der Waals surface area contributed by atoms with E-state index in [4.69, 9.17) is 5.14 Å². The van der Waals surface area contributed by atoms with Crippen LogP contribution in [0.15, 0.2) is 27.6 Å². The Balaban J connectivity index is 2.15. The Morgan fingerprint density at radius 1 is 1.29 bits per heavy atom. The van der Waals surface area contributed by atoms with Crippen LogP contribution in [0.1, 0.15) is 43.0 Å². The molecule has 1 aliphatic carbocycles. The number of primary sulfonamides is 1. The molecule has 0 unspecified atom stereocenters. The summed E-state index contributed by atoms with van der Waals surface area (Å²) in [7, 11) is -3.82. The lowest BCUT2D eigenvalue weighted by Gasteiger charge is -2.27. The fourth-order valence-corrected chi connectivity index (χ4v) is 3.49. The molecule has 1 aromatic carbocycles. The summed E-state index contributed by atoms with van der Waals surface area (Å²) in [6.45, 7) is 2.21. The number of amides is 1. The number of hydrogen-bond acceptors (Lipinski definition) is 3. The molecule has 1 aromatic rings. The predicted molar refractivity (Wildman–Crippen MR) is 84.4 cm³/mol. The van der Waals surface area contributed by atoms with E-state index in [-0.39, 0.29) is 16.8 Å². The van der Waals surface area contributed by atoms with Crippen LogP contribution in [0, 0.1) is 5.92 Å². The standard InChI is InChI=1S/C14H19BrN2O3S/c1-9-2-4-10(5-3-9)17-14(18)12-8-11(21(16,19)20)6-7-13(12)15/h6-10H,2-5H2,1H3,(H,17,18)(H2,16,19,20). The van der Waals surface area contributed by atoms with Crippen LogP contribution in [0.25, 0.3) is 0 Å². The van der Waals surface area contributed by atoms with E-state index in [2.05, 4.69) is 28.2 Å². The van der Waals surface area contributed by atoms with Crippen molar-refractivity contribution in [2.75, 3.05) is 0 Å². The monoisotopic (exact) mass is 374 g/mol. The van der Waals surface area contributed by atoms with Crippen LogP contribution in [0.2, 0.25) is 0 Å². The molecule has 116 valence electrons. The molecule has 0 atom stereocenters. The summed E-state index contributed by atoms with van der Waals surface area (Å²) in [6.07, 6.45) is 4.12. The fraction of sp³-hybridized carbons (Fsp3) is 0.500. The molecule has 1 aliphatic rings. The number of nitrogens with two attached hydrogens (primary N) is 1. The molecular formula is C14H19BrN2O3S. The number of hydrogen-bond donors (Lipinski definition) is 2. The summed E-state index contributed by atoms with van der Waals surface area (Å²) in [6, 6.07) is 4.36. The van der Waals surface area contributed by atoms with Crippen LogP contribution in [0.3, 0.4) is 0 Å². The van der Waals surface area contributed by atoms with Gasteiger partial charge in [-0.1, -0.05) is 6.92 Å². The lowest BCUT2D eigenvalue weighted by Crippen LogP contribution is -2.37. The van der Waals surface area contributed by atoms with E-state index in [1.807, 2.05) is 0 Å². The molecule has 21 heavy (non-hydrogen) atoms. The number of carbonyl (C=O) groups excluding carboxylic acids is 1. The highest BCUT2D eigenvalue weighted by Gasteiger charge is 2.22. The zero-order valence-electron chi connectivity index (χ0n) is 11.8. The van der Waals surface area contributed by atoms with Gasteiger partial charge in [-0.15, -0.1) is 0 Å². The summed E-state index contributed by atoms with van der Waals surface area (Å²) in [5, 5.41) is 8.07. The quantitative estimate of drug-likeness (QED) is 0.850. The Morgan fingerprint density at radius 3 is 2.48 bits per heavy atom. The third kappa shape index (κ3) is 4.28. The Morgan fingerprint density at radius 2 is 1.90 bits per heavy atom. The van der Waals surface area contributed by atoms with Gasteiger partial charge in [0.2, 0.25) is 10.0 Å². The summed E-state index contributed by atoms with van der Waals surface area (Å²) >= 11 is 3.28. The number of benzene rings is 1. The van der Waals surface area contributed by atoms with Crippen molar-refractivity contribution in [1.29, 1.82) is 0 Å². The van der Waals surface area contributed by atoms with E-state index in [1.54, 1.807) is 0 Å². The van der Waals surface area contributed by atoms with Gasteiger partial charge in [0.05, 0.1) is 10.5 Å². The summed E-state index contributed by atoms with van der Waals surface area (Å²) < 4.78 is 23.3. The van der Waals surface area contributed by atoms with E-state index < -0.39 is 10.0 Å². The van der Waals surface area contributed by atoms with Crippen LogP contribution < -0.4 is 10.5 Å². The minimum atomic E-state index is -3.82. The van der Waals surface area contributed by atoms with E-state index in [9.17, 15) is 13.2 Å². The average Bonchev–Trinajstić information content (AvgIpc) is 2.40. The maximum absolute atomic E-state index is 12.3. The third-order valence-corrected chi connectivity index (χ3v) is 5.46. The van der Waals surface area contributed by atoms with Gasteiger partial charge in [0.15, 0.2) is 0 Å². The van der Waals surface area contributed by atoms with E-state index in [0.29, 0.717) is 16.0 Å². The zero-order chi connectivity index (χ0) is 15.6. The minimum Gasteiger partial charge on any atom is -0.349 e. The highest BCUT2D eigenvalue weighted by Crippen LogP contribution is 2.25. The second-order valence-electron chi connectivity index (χ2n) is 5.62. The zero-order valence-corrected chi connectivity index (χ0v) is 14.2. The van der Waals surface area contributed by atoms with Crippen LogP contribution in [-0.4, -0.2) is 20.4 Å². The van der Waals surface area contributed by atoms with Gasteiger partial charge in [-0.3, -0.25) is 4.79 Å². The van der Waals surface area contributed by atoms with Gasteiger partial charge in [-0.25, -0.2) is 13.6 Å². The average molecular weight is 375 g/mol. The Labute approximate surface area is 133 Å². The third-order valence-electron chi connectivity index (χ3n) is 3.86. The Hall–Kier alpha value is -0.920. The molecule has 1 fully saturated rings. The number of nitrogens with one attached hydrogen (secondary N) is 1. The number of carbonyl (C=O) groups is 1. The first kappa shape index (κ1) is 16.5. The molecule has 5 nitrogen and oxygen atoms in total. The summed E-state index contributed by atoms with van der Waals surface area (Å²) in [4.78, 5) is 12.3. The topological polar surface area (TPSA) is 89.3 Å². The lowest BCUT2D eigenvalue weighted by atomic mass is 9.87. The van der Waals surface area contributed by atoms with Crippen molar-refractivity contribution in [3.05, 3.63) is 28.2 Å². The molecule has 0 bridgehead atoms. The largest absolute Gasteiger partial charge is 0.349 e. The van der Waals surface area contributed by atoms with Crippen LogP contribution in [0.4, 0.5) is 0 Å². The van der Waals surface area contributed by atoms with Crippen LogP contribution in [0.5, 0.6) is 0 Å². The number of sulfonamides is 1. The Kier molecular flexibility index (Phi) is 5.06. The van der Waals surface area contributed by atoms with Gasteiger partial charge in [0.1, 0.15) is 0 Å². The van der Waals surface area contributed by atoms with Gasteiger partial charge in [-0.05, 0) is 65.7 Å². The van der Waals surface area contributed by atoms with Crippen molar-refractivity contribution >= 4 is 31.9 Å². The van der Waals surface area contributed by atoms with Crippen molar-refractivity contribution in [2.24, 2.45) is 11.1 Å². The predicted octanol–water partition coefficient (Wildman–Crippen LogP) is 2.41. The smallest absolute Gasteiger partial charge is 0.252 e. The van der Waals surface area contributed by atoms with E-state index in [0.717, 1.165) is 25.7 Å². The van der Waals surface area contributed by atoms with Gasteiger partial charge in [0.25, 0.3) is 5.91 Å². The molecule has 0 heterocycles. The molecule has 0 saturated heterocycles. The van der Waals surface area contributed by atoms with Crippen LogP contribution in [-0.2, 0) is 10.0 Å². The van der Waals surface area contributed by atoms with Gasteiger partial charge < -0.3 is 5.32 Å². The molecule has 1 saturated carbocycles. The Bertz CT molecular complexity index is 638. The second-order valence-corrected chi connectivity index (χ2v) is 8.03. The highest BCUT2D eigenvalue weighted by atomic mass is 79.9. The molecule has 2 rings (SSSR count). The molecule has 0 radical (unpaired) electrons. The fourth-order valence-electron chi connectivity index (χ4n) is 2.52.